The van der Waals surface area contributed by atoms with Crippen LogP contribution in [0.5, 0.6) is 5.88 Å². The minimum Gasteiger partial charge on any atom is -0.471 e. The maximum Gasteiger partial charge on any atom is 0.408 e. The number of fused-ring (bicyclic) bond motifs is 3. The quantitative estimate of drug-likeness (QED) is 0.258. The number of alkyl carbamates (subject to hydrolysis) is 1. The lowest BCUT2D eigenvalue weighted by Gasteiger charge is -2.30. The van der Waals surface area contributed by atoms with Crippen molar-refractivity contribution in [2.75, 3.05) is 6.54 Å². The fourth-order valence-corrected chi connectivity index (χ4v) is 10.2. The van der Waals surface area contributed by atoms with Crippen LogP contribution >= 0.6 is 11.3 Å². The molecule has 0 radical (unpaired) electrons. The van der Waals surface area contributed by atoms with Gasteiger partial charge in [0.2, 0.25) is 27.7 Å². The summed E-state index contributed by atoms with van der Waals surface area (Å²) in [5.74, 6) is -2.02. The summed E-state index contributed by atoms with van der Waals surface area (Å²) in [4.78, 5) is 68.2. The van der Waals surface area contributed by atoms with Crippen molar-refractivity contribution in [2.45, 2.75) is 125 Å². The third-order valence-electron chi connectivity index (χ3n) is 11.5. The van der Waals surface area contributed by atoms with Gasteiger partial charge < -0.3 is 25.0 Å². The van der Waals surface area contributed by atoms with Crippen molar-refractivity contribution in [3.63, 3.8) is 0 Å². The Labute approximate surface area is 330 Å². The van der Waals surface area contributed by atoms with Crippen LogP contribution in [0.3, 0.4) is 0 Å². The third-order valence-corrected chi connectivity index (χ3v) is 14.2. The van der Waals surface area contributed by atoms with Crippen LogP contribution in [0.2, 0.25) is 0 Å². The normalized spacial score (nSPS) is 28.2. The minimum absolute atomic E-state index is 0.0102. The zero-order valence-corrected chi connectivity index (χ0v) is 32.8. The Morgan fingerprint density at radius 3 is 2.41 bits per heavy atom. The van der Waals surface area contributed by atoms with E-state index in [1.807, 2.05) is 53.9 Å². The zero-order chi connectivity index (χ0) is 38.9. The van der Waals surface area contributed by atoms with Crippen LogP contribution in [0.25, 0.3) is 21.6 Å². The molecule has 4 heterocycles. The van der Waals surface area contributed by atoms with Crippen molar-refractivity contribution in [3.05, 3.63) is 53.9 Å². The molecule has 4 fully saturated rings. The highest BCUT2D eigenvalue weighted by molar-refractivity contribution is 7.91. The van der Waals surface area contributed by atoms with Crippen LogP contribution in [-0.2, 0) is 29.1 Å². The van der Waals surface area contributed by atoms with Crippen LogP contribution in [0.15, 0.2) is 53.9 Å². The summed E-state index contributed by atoms with van der Waals surface area (Å²) in [6, 6.07) is 9.19. The van der Waals surface area contributed by atoms with E-state index in [2.05, 4.69) is 15.4 Å². The Morgan fingerprint density at radius 1 is 0.911 bits per heavy atom. The molecular formula is C40H48N6O8S2. The number of carbonyl (C=O) groups is 4. The molecule has 1 saturated heterocycles. The van der Waals surface area contributed by atoms with E-state index in [9.17, 15) is 27.6 Å². The number of ether oxygens (including phenoxy) is 2. The predicted molar refractivity (Wildman–Crippen MR) is 209 cm³/mol. The second-order valence-electron chi connectivity index (χ2n) is 15.7. The van der Waals surface area contributed by atoms with E-state index < -0.39 is 68.7 Å². The first kappa shape index (κ1) is 38.3. The molecule has 3 aliphatic carbocycles. The molecule has 0 bridgehead atoms. The van der Waals surface area contributed by atoms with Gasteiger partial charge in [-0.2, -0.15) is 0 Å². The van der Waals surface area contributed by atoms with Gasteiger partial charge in [0.25, 0.3) is 5.91 Å². The molecule has 4 amide bonds. The molecule has 56 heavy (non-hydrogen) atoms. The summed E-state index contributed by atoms with van der Waals surface area (Å²) in [6.07, 6.45) is 11.3. The van der Waals surface area contributed by atoms with Crippen molar-refractivity contribution in [1.29, 1.82) is 0 Å². The SMILES string of the molecule is O=C(N[C@H]1CCCCC/C=C\[C@@H]2C[C@@]2(C(=O)NS(=O)(=O)C2CC2)NC(=O)[C@@H]2C[C@@H](Oc3nc4ccccc4nc3-c3cccs3)CN2C1=O)OC1CCCCC1. The number of para-hydroxylation sites is 2. The molecule has 8 rings (SSSR count). The number of nitrogens with one attached hydrogen (secondary N) is 3. The van der Waals surface area contributed by atoms with Crippen LogP contribution in [0, 0.1) is 5.92 Å². The lowest BCUT2D eigenvalue weighted by molar-refractivity contribution is -0.141. The number of hydrogen-bond donors (Lipinski definition) is 3. The molecule has 1 aromatic carbocycles. The second-order valence-corrected chi connectivity index (χ2v) is 18.6. The van der Waals surface area contributed by atoms with Crippen molar-refractivity contribution in [3.8, 4) is 16.5 Å². The van der Waals surface area contributed by atoms with Gasteiger partial charge in [-0.3, -0.25) is 19.1 Å². The summed E-state index contributed by atoms with van der Waals surface area (Å²) in [6.45, 7) is -0.0102. The van der Waals surface area contributed by atoms with Gasteiger partial charge in [0.1, 0.15) is 35.5 Å². The van der Waals surface area contributed by atoms with Gasteiger partial charge in [-0.05, 0) is 87.8 Å². The number of amides is 4. The molecule has 3 aromatic rings. The number of carbonyl (C=O) groups excluding carboxylic acids is 4. The lowest BCUT2D eigenvalue weighted by atomic mass is 9.98. The fourth-order valence-electron chi connectivity index (χ4n) is 8.16. The summed E-state index contributed by atoms with van der Waals surface area (Å²) in [5.41, 5.74) is 0.337. The van der Waals surface area contributed by atoms with Crippen LogP contribution in [0.4, 0.5) is 4.79 Å². The maximum atomic E-state index is 14.7. The highest BCUT2D eigenvalue weighted by atomic mass is 32.2. The van der Waals surface area contributed by atoms with Crippen LogP contribution in [0.1, 0.15) is 89.9 Å². The first-order chi connectivity index (χ1) is 27.1. The smallest absolute Gasteiger partial charge is 0.408 e. The average Bonchev–Trinajstić information content (AvgIpc) is 4.05. The fraction of sp³-hybridized carbons (Fsp3) is 0.550. The number of benzene rings is 1. The third kappa shape index (κ3) is 8.41. The maximum absolute atomic E-state index is 14.7. The van der Waals surface area contributed by atoms with Gasteiger partial charge in [0, 0.05) is 12.3 Å². The highest BCUT2D eigenvalue weighted by Gasteiger charge is 2.62. The van der Waals surface area contributed by atoms with Crippen molar-refractivity contribution >= 4 is 56.2 Å². The summed E-state index contributed by atoms with van der Waals surface area (Å²) in [7, 11) is -3.89. The molecular weight excluding hydrogens is 757 g/mol. The Kier molecular flexibility index (Phi) is 11.0. The first-order valence-electron chi connectivity index (χ1n) is 19.9. The molecule has 2 aliphatic heterocycles. The standard InChI is InChI=1S/C40H48N6O8S2/c47-35-32-22-27(53-36-34(33-18-11-21-55-33)41-29-15-9-10-16-30(29)42-36)24-46(32)37(48)31(43-39(50)54-26-13-6-4-7-14-26)17-8-3-1-2-5-12-25-23-40(25,44-35)38(49)45-56(51,52)28-19-20-28/h5,9-12,15-16,18,21,25-28,31-32H,1-4,6-8,13-14,17,19-20,22-24H2,(H,43,50)(H,44,47)(H,45,49)/b12-5-/t25-,27-,31+,32+,40-/m1/s1. The first-order valence-corrected chi connectivity index (χ1v) is 22.3. The topological polar surface area (TPSA) is 186 Å². The van der Waals surface area contributed by atoms with Crippen molar-refractivity contribution in [2.24, 2.45) is 5.92 Å². The minimum atomic E-state index is -3.89. The molecule has 5 atom stereocenters. The number of allylic oxidation sites excluding steroid dienone is 1. The van der Waals surface area contributed by atoms with Gasteiger partial charge in [-0.15, -0.1) is 11.3 Å². The van der Waals surface area contributed by atoms with Gasteiger partial charge in [0.15, 0.2) is 0 Å². The van der Waals surface area contributed by atoms with Gasteiger partial charge in [-0.25, -0.2) is 23.2 Å². The Hall–Kier alpha value is -4.57. The van der Waals surface area contributed by atoms with E-state index in [0.717, 1.165) is 49.8 Å². The highest BCUT2D eigenvalue weighted by Crippen LogP contribution is 2.46. The monoisotopic (exact) mass is 804 g/mol. The average molecular weight is 805 g/mol. The summed E-state index contributed by atoms with van der Waals surface area (Å²) < 4.78 is 40.4. The van der Waals surface area contributed by atoms with E-state index >= 15 is 0 Å². The number of rotatable bonds is 8. The van der Waals surface area contributed by atoms with Crippen molar-refractivity contribution in [1.82, 2.24) is 30.2 Å². The largest absolute Gasteiger partial charge is 0.471 e. The number of nitrogens with zero attached hydrogens (tertiary/aromatic N) is 3. The number of aromatic nitrogens is 2. The summed E-state index contributed by atoms with van der Waals surface area (Å²) >= 11 is 1.48. The van der Waals surface area contributed by atoms with Gasteiger partial charge in [0.05, 0.1) is 27.7 Å². The van der Waals surface area contributed by atoms with Gasteiger partial charge in [-0.1, -0.05) is 49.6 Å². The predicted octanol–water partition coefficient (Wildman–Crippen LogP) is 5.14. The molecule has 298 valence electrons. The Balaban J connectivity index is 1.10. The molecule has 2 aromatic heterocycles. The molecule has 16 heteroatoms. The van der Waals surface area contributed by atoms with E-state index in [1.165, 1.54) is 16.2 Å². The molecule has 0 unspecified atom stereocenters. The number of hydrogen-bond acceptors (Lipinski definition) is 11. The van der Waals surface area contributed by atoms with E-state index in [0.29, 0.717) is 48.8 Å². The molecule has 5 aliphatic rings. The van der Waals surface area contributed by atoms with Gasteiger partial charge >= 0.3 is 6.09 Å². The summed E-state index contributed by atoms with van der Waals surface area (Å²) in [5, 5.41) is 7.06. The second kappa shape index (κ2) is 16.1. The molecule has 14 nitrogen and oxygen atoms in total. The van der Waals surface area contributed by atoms with Crippen LogP contribution in [-0.4, -0.2) is 88.7 Å². The Morgan fingerprint density at radius 2 is 1.66 bits per heavy atom. The molecule has 3 saturated carbocycles. The number of thiophene rings is 1. The van der Waals surface area contributed by atoms with E-state index in [1.54, 1.807) is 0 Å². The van der Waals surface area contributed by atoms with E-state index in [4.69, 9.17) is 19.4 Å². The lowest BCUT2D eigenvalue weighted by Crippen LogP contribution is -2.58. The number of sulfonamides is 1. The Bertz CT molecular complexity index is 2100. The molecule has 3 N–H and O–H groups in total. The molecule has 0 spiro atoms. The zero-order valence-electron chi connectivity index (χ0n) is 31.2. The van der Waals surface area contributed by atoms with E-state index in [-0.39, 0.29) is 31.4 Å². The van der Waals surface area contributed by atoms with Crippen molar-refractivity contribution < 1.29 is 37.1 Å². The van der Waals surface area contributed by atoms with Crippen LogP contribution < -0.4 is 20.1 Å².